The number of carbonyl (C=O) groups is 1. The van der Waals surface area contributed by atoms with Gasteiger partial charge in [0.15, 0.2) is 5.82 Å². The summed E-state index contributed by atoms with van der Waals surface area (Å²) in [5.41, 5.74) is 1.83. The van der Waals surface area contributed by atoms with Crippen molar-refractivity contribution >= 4 is 67.0 Å². The van der Waals surface area contributed by atoms with E-state index in [4.69, 9.17) is 11.6 Å². The van der Waals surface area contributed by atoms with Gasteiger partial charge >= 0.3 is 0 Å². The van der Waals surface area contributed by atoms with Gasteiger partial charge < -0.3 is 16.0 Å². The van der Waals surface area contributed by atoms with E-state index in [1.165, 1.54) is 0 Å². The number of H-pyrrole nitrogens is 1. The van der Waals surface area contributed by atoms with E-state index < -0.39 is 20.9 Å². The SMILES string of the molecule is CS(=O)(=O)Nc1cccc(CCNc2c(Nc3ccc4[nH]nc(NC(=O)c5cccc(Cl)c5)c4c3)c(=O)c2=O)c1. The van der Waals surface area contributed by atoms with Crippen LogP contribution in [0, 0.1) is 0 Å². The van der Waals surface area contributed by atoms with Crippen LogP contribution >= 0.6 is 11.6 Å². The minimum absolute atomic E-state index is 0.129. The predicted octanol–water partition coefficient (Wildman–Crippen LogP) is 3.83. The number of sulfonamides is 1. The van der Waals surface area contributed by atoms with Crippen LogP contribution in [0.25, 0.3) is 10.9 Å². The molecule has 5 N–H and O–H groups in total. The number of benzene rings is 3. The van der Waals surface area contributed by atoms with E-state index in [1.54, 1.807) is 60.7 Å². The Morgan fingerprint density at radius 1 is 0.950 bits per heavy atom. The van der Waals surface area contributed by atoms with Crippen molar-refractivity contribution < 1.29 is 13.2 Å². The van der Waals surface area contributed by atoms with Gasteiger partial charge in [0.05, 0.1) is 11.8 Å². The minimum atomic E-state index is -3.40. The molecule has 4 aromatic carbocycles. The molecule has 0 aliphatic rings. The molecule has 204 valence electrons. The molecule has 0 saturated carbocycles. The fraction of sp³-hybridized carbons (Fsp3) is 0.111. The van der Waals surface area contributed by atoms with Crippen LogP contribution in [0.2, 0.25) is 5.02 Å². The fourth-order valence-corrected chi connectivity index (χ4v) is 4.90. The highest BCUT2D eigenvalue weighted by molar-refractivity contribution is 7.92. The third-order valence-corrected chi connectivity index (χ3v) is 6.85. The summed E-state index contributed by atoms with van der Waals surface area (Å²) in [6, 6.07) is 18.6. The summed E-state index contributed by atoms with van der Waals surface area (Å²) in [7, 11) is -3.40. The van der Waals surface area contributed by atoms with Crippen LogP contribution in [0.3, 0.4) is 0 Å². The van der Waals surface area contributed by atoms with Crippen molar-refractivity contribution in [1.29, 1.82) is 0 Å². The van der Waals surface area contributed by atoms with Crippen molar-refractivity contribution in [2.45, 2.75) is 6.42 Å². The largest absolute Gasteiger partial charge is 0.380 e. The van der Waals surface area contributed by atoms with Crippen molar-refractivity contribution in [3.8, 4) is 0 Å². The monoisotopic (exact) mass is 578 g/mol. The highest BCUT2D eigenvalue weighted by Gasteiger charge is 2.21. The molecular weight excluding hydrogens is 556 g/mol. The van der Waals surface area contributed by atoms with Crippen molar-refractivity contribution in [3.05, 3.63) is 103 Å². The molecule has 0 atom stereocenters. The zero-order valence-electron chi connectivity index (χ0n) is 21.0. The van der Waals surface area contributed by atoms with Gasteiger partial charge in [-0.25, -0.2) is 8.42 Å². The normalized spacial score (nSPS) is 11.4. The summed E-state index contributed by atoms with van der Waals surface area (Å²) >= 11 is 5.98. The van der Waals surface area contributed by atoms with E-state index in [2.05, 4.69) is 30.9 Å². The molecule has 5 rings (SSSR count). The molecule has 0 unspecified atom stereocenters. The lowest BCUT2D eigenvalue weighted by Crippen LogP contribution is -2.37. The van der Waals surface area contributed by atoms with Gasteiger partial charge in [0.1, 0.15) is 11.4 Å². The van der Waals surface area contributed by atoms with Crippen LogP contribution in [0.4, 0.5) is 28.6 Å². The summed E-state index contributed by atoms with van der Waals surface area (Å²) in [5, 5.41) is 16.8. The first-order valence-corrected chi connectivity index (χ1v) is 14.3. The van der Waals surface area contributed by atoms with Crippen LogP contribution in [0.1, 0.15) is 15.9 Å². The second kappa shape index (κ2) is 10.8. The van der Waals surface area contributed by atoms with Crippen LogP contribution < -0.4 is 31.5 Å². The molecule has 1 aromatic heterocycles. The quantitative estimate of drug-likeness (QED) is 0.156. The molecule has 0 aliphatic carbocycles. The number of hydrogen-bond acceptors (Lipinski definition) is 8. The van der Waals surface area contributed by atoms with Gasteiger partial charge in [0, 0.05) is 33.9 Å². The van der Waals surface area contributed by atoms with Crippen LogP contribution in [0.15, 0.2) is 76.3 Å². The molecule has 0 aliphatic heterocycles. The molecule has 0 bridgehead atoms. The first kappa shape index (κ1) is 26.9. The Hall–Kier alpha value is -4.68. The van der Waals surface area contributed by atoms with Crippen molar-refractivity contribution in [1.82, 2.24) is 10.2 Å². The van der Waals surface area contributed by atoms with Crippen molar-refractivity contribution in [3.63, 3.8) is 0 Å². The molecule has 11 nitrogen and oxygen atoms in total. The van der Waals surface area contributed by atoms with Crippen LogP contribution in [-0.4, -0.2) is 37.3 Å². The van der Waals surface area contributed by atoms with Crippen LogP contribution in [0.5, 0.6) is 0 Å². The Labute approximate surface area is 233 Å². The van der Waals surface area contributed by atoms with Gasteiger partial charge in [-0.15, -0.1) is 0 Å². The third kappa shape index (κ3) is 5.98. The number of carbonyl (C=O) groups excluding carboxylic acids is 1. The Bertz CT molecular complexity index is 1930. The Morgan fingerprint density at radius 3 is 2.50 bits per heavy atom. The lowest BCUT2D eigenvalue weighted by molar-refractivity contribution is 0.102. The standard InChI is InChI=1S/C27H23ClN6O5S/c1-40(38,39)34-19-7-2-4-15(12-19)10-11-29-22-23(25(36)24(22)35)30-18-8-9-21-20(14-18)26(33-32-21)31-27(37)16-5-3-6-17(28)13-16/h2-9,12-14,29-30,34H,10-11H2,1H3,(H2,31,32,33,37). The number of halogens is 1. The summed E-state index contributed by atoms with van der Waals surface area (Å²) in [4.78, 5) is 37.3. The number of aromatic amines is 1. The highest BCUT2D eigenvalue weighted by atomic mass is 35.5. The Balaban J connectivity index is 1.28. The number of nitrogens with zero attached hydrogens (tertiary/aromatic N) is 1. The van der Waals surface area contributed by atoms with Gasteiger partial charge in [0.25, 0.3) is 16.8 Å². The maximum atomic E-state index is 12.7. The lowest BCUT2D eigenvalue weighted by atomic mass is 10.1. The van der Waals surface area contributed by atoms with E-state index in [0.717, 1.165) is 11.8 Å². The zero-order chi connectivity index (χ0) is 28.4. The number of nitrogens with one attached hydrogen (secondary N) is 5. The summed E-state index contributed by atoms with van der Waals surface area (Å²) < 4.78 is 25.4. The number of anilines is 5. The van der Waals surface area contributed by atoms with E-state index in [-0.39, 0.29) is 17.3 Å². The molecule has 1 amide bonds. The van der Waals surface area contributed by atoms with Crippen molar-refractivity contribution in [2.24, 2.45) is 0 Å². The predicted molar refractivity (Wildman–Crippen MR) is 157 cm³/mol. The summed E-state index contributed by atoms with van der Waals surface area (Å²) in [6.45, 7) is 0.336. The first-order chi connectivity index (χ1) is 19.1. The Morgan fingerprint density at radius 2 is 1.73 bits per heavy atom. The minimum Gasteiger partial charge on any atom is -0.380 e. The smallest absolute Gasteiger partial charge is 0.256 e. The highest BCUT2D eigenvalue weighted by Crippen LogP contribution is 2.28. The fourth-order valence-electron chi connectivity index (χ4n) is 4.16. The second-order valence-corrected chi connectivity index (χ2v) is 11.3. The molecular formula is C27H23ClN6O5S. The number of aromatic nitrogens is 2. The number of amides is 1. The van der Waals surface area contributed by atoms with Gasteiger partial charge in [0.2, 0.25) is 10.0 Å². The molecule has 1 heterocycles. The molecule has 13 heteroatoms. The van der Waals surface area contributed by atoms with E-state index in [9.17, 15) is 22.8 Å². The number of rotatable bonds is 10. The molecule has 0 saturated heterocycles. The molecule has 5 aromatic rings. The average molecular weight is 579 g/mol. The molecule has 0 fully saturated rings. The molecule has 0 radical (unpaired) electrons. The zero-order valence-corrected chi connectivity index (χ0v) is 22.6. The van der Waals surface area contributed by atoms with Crippen LogP contribution in [-0.2, 0) is 16.4 Å². The summed E-state index contributed by atoms with van der Waals surface area (Å²) in [5.74, 6) is -0.0968. The maximum absolute atomic E-state index is 12.7. The van der Waals surface area contributed by atoms with Gasteiger partial charge in [-0.3, -0.25) is 24.2 Å². The van der Waals surface area contributed by atoms with E-state index >= 15 is 0 Å². The third-order valence-electron chi connectivity index (χ3n) is 6.01. The van der Waals surface area contributed by atoms with E-state index in [0.29, 0.717) is 51.6 Å². The van der Waals surface area contributed by atoms with Gasteiger partial charge in [-0.1, -0.05) is 29.8 Å². The van der Waals surface area contributed by atoms with Crippen molar-refractivity contribution in [2.75, 3.05) is 33.5 Å². The topological polar surface area (TPSA) is 162 Å². The first-order valence-electron chi connectivity index (χ1n) is 12.0. The Kier molecular flexibility index (Phi) is 7.28. The average Bonchev–Trinajstić information content (AvgIpc) is 3.31. The summed E-state index contributed by atoms with van der Waals surface area (Å²) in [6.07, 6.45) is 1.55. The van der Waals surface area contributed by atoms with Gasteiger partial charge in [-0.2, -0.15) is 5.10 Å². The number of fused-ring (bicyclic) bond motifs is 1. The second-order valence-electron chi connectivity index (χ2n) is 9.08. The number of hydrogen-bond donors (Lipinski definition) is 5. The maximum Gasteiger partial charge on any atom is 0.256 e. The van der Waals surface area contributed by atoms with E-state index in [1.807, 2.05) is 6.07 Å². The van der Waals surface area contributed by atoms with Gasteiger partial charge in [-0.05, 0) is 60.5 Å². The molecule has 40 heavy (non-hydrogen) atoms. The molecule has 0 spiro atoms. The lowest BCUT2D eigenvalue weighted by Gasteiger charge is -2.15.